The molecule has 246 valence electrons. The van der Waals surface area contributed by atoms with E-state index < -0.39 is 10.3 Å². The van der Waals surface area contributed by atoms with Gasteiger partial charge in [-0.1, -0.05) is 50.7 Å². The lowest BCUT2D eigenvalue weighted by atomic mass is 10.2. The summed E-state index contributed by atoms with van der Waals surface area (Å²) in [5.74, 6) is 3.20. The Bertz CT molecular complexity index is 1860. The van der Waals surface area contributed by atoms with Gasteiger partial charge in [-0.3, -0.25) is 9.97 Å². The number of aromatic nitrogens is 2. The molecule has 1 atom stereocenters. The predicted octanol–water partition coefficient (Wildman–Crippen LogP) is 11.1. The zero-order valence-corrected chi connectivity index (χ0v) is 31.3. The largest absolute Gasteiger partial charge is 0.493 e. The number of hydrogen-bond donors (Lipinski definition) is 1. The molecular formula is C31H23Br2Cl4N3O6S. The van der Waals surface area contributed by atoms with Gasteiger partial charge in [0.05, 0.1) is 41.1 Å². The van der Waals surface area contributed by atoms with Gasteiger partial charge in [0.2, 0.25) is 0 Å². The van der Waals surface area contributed by atoms with Crippen molar-refractivity contribution in [1.82, 2.24) is 9.97 Å². The average molecular weight is 867 g/mol. The van der Waals surface area contributed by atoms with E-state index in [4.69, 9.17) is 68.6 Å². The van der Waals surface area contributed by atoms with Crippen LogP contribution >= 0.6 is 77.3 Å². The van der Waals surface area contributed by atoms with Crippen molar-refractivity contribution in [2.75, 3.05) is 19.5 Å². The maximum atomic E-state index is 10.9. The SMILES string of the molecule is COc1cc(CNc2ccc(Cl)cc2)c(Br)cc1Oc1cncc(Cl)c1.COc1cc(OS(=O)Cl)c(Br)cc1Oc1cncc(Cl)c1. The van der Waals surface area contributed by atoms with Gasteiger partial charge >= 0.3 is 10.3 Å². The Labute approximate surface area is 309 Å². The molecule has 0 bridgehead atoms. The monoisotopic (exact) mass is 863 g/mol. The van der Waals surface area contributed by atoms with Gasteiger partial charge in [-0.25, -0.2) is 0 Å². The van der Waals surface area contributed by atoms with Gasteiger partial charge in [0.25, 0.3) is 0 Å². The van der Waals surface area contributed by atoms with Gasteiger partial charge in [0.15, 0.2) is 28.7 Å². The van der Waals surface area contributed by atoms with Crippen LogP contribution in [0.3, 0.4) is 0 Å². The second-order valence-corrected chi connectivity index (χ2v) is 13.4. The molecule has 0 saturated carbocycles. The molecule has 0 saturated heterocycles. The Morgan fingerprint density at radius 2 is 1.21 bits per heavy atom. The third-order valence-electron chi connectivity index (χ3n) is 5.85. The fourth-order valence-electron chi connectivity index (χ4n) is 3.76. The first-order valence-electron chi connectivity index (χ1n) is 13.1. The van der Waals surface area contributed by atoms with Gasteiger partial charge < -0.3 is 28.4 Å². The number of benzene rings is 3. The lowest BCUT2D eigenvalue weighted by molar-refractivity contribution is 0.376. The maximum absolute atomic E-state index is 10.9. The van der Waals surface area contributed by atoms with Crippen molar-refractivity contribution in [3.63, 3.8) is 0 Å². The Balaban J connectivity index is 0.000000218. The number of anilines is 1. The normalized spacial score (nSPS) is 11.1. The molecule has 16 heteroatoms. The van der Waals surface area contributed by atoms with Crippen LogP contribution < -0.4 is 28.4 Å². The van der Waals surface area contributed by atoms with E-state index in [-0.39, 0.29) is 5.75 Å². The van der Waals surface area contributed by atoms with Crippen molar-refractivity contribution < 1.29 is 27.3 Å². The van der Waals surface area contributed by atoms with E-state index in [2.05, 4.69) is 47.1 Å². The van der Waals surface area contributed by atoms with Crippen LogP contribution in [0.25, 0.3) is 0 Å². The van der Waals surface area contributed by atoms with Crippen LogP contribution in [-0.2, 0) is 16.8 Å². The molecule has 0 aliphatic rings. The summed E-state index contributed by atoms with van der Waals surface area (Å²) < 4.78 is 39.4. The molecule has 2 aromatic heterocycles. The van der Waals surface area contributed by atoms with Gasteiger partial charge in [0, 0.05) is 69.1 Å². The molecule has 0 aliphatic carbocycles. The lowest BCUT2D eigenvalue weighted by Crippen LogP contribution is -2.01. The highest BCUT2D eigenvalue weighted by Gasteiger charge is 2.15. The molecule has 1 unspecified atom stereocenters. The van der Waals surface area contributed by atoms with Crippen LogP contribution in [-0.4, -0.2) is 28.4 Å². The molecule has 9 nitrogen and oxygen atoms in total. The summed E-state index contributed by atoms with van der Waals surface area (Å²) >= 11 is 24.6. The minimum Gasteiger partial charge on any atom is -0.493 e. The third-order valence-corrected chi connectivity index (χ3v) is 8.37. The molecule has 0 aliphatic heterocycles. The molecule has 5 rings (SSSR count). The van der Waals surface area contributed by atoms with Crippen molar-refractivity contribution in [2.24, 2.45) is 0 Å². The van der Waals surface area contributed by atoms with Gasteiger partial charge in [-0.15, -0.1) is 0 Å². The Hall–Kier alpha value is -2.97. The number of pyridine rings is 2. The highest BCUT2D eigenvalue weighted by Crippen LogP contribution is 2.41. The highest BCUT2D eigenvalue weighted by molar-refractivity contribution is 9.10. The molecule has 3 aromatic carbocycles. The number of ether oxygens (including phenoxy) is 4. The number of rotatable bonds is 11. The standard InChI is InChI=1S/C19H15BrCl2N2O2.C12H8BrCl2NO4S/c1-25-18-6-12(9-24-15-4-2-13(21)3-5-15)17(20)8-19(18)26-16-7-14(22)10-23-11-16;1-18-11-4-10(20-21(15)17)9(13)3-12(11)19-8-2-7(14)5-16-6-8/h2-8,10-11,24H,9H2,1H3;2-6H,1H3. The summed E-state index contributed by atoms with van der Waals surface area (Å²) in [6, 6.07) is 17.7. The zero-order valence-electron chi connectivity index (χ0n) is 24.3. The van der Waals surface area contributed by atoms with Crippen LogP contribution in [0.2, 0.25) is 15.1 Å². The molecule has 5 aromatic rings. The summed E-state index contributed by atoms with van der Waals surface area (Å²) in [6.07, 6.45) is 6.15. The number of halogens is 6. The molecule has 47 heavy (non-hydrogen) atoms. The van der Waals surface area contributed by atoms with Crippen molar-refractivity contribution in [1.29, 1.82) is 0 Å². The number of methoxy groups -OCH3 is 2. The summed E-state index contributed by atoms with van der Waals surface area (Å²) in [6.45, 7) is 0.609. The second-order valence-electron chi connectivity index (χ2n) is 9.05. The Morgan fingerprint density at radius 1 is 0.681 bits per heavy atom. The van der Waals surface area contributed by atoms with Crippen molar-refractivity contribution in [3.8, 4) is 40.2 Å². The van der Waals surface area contributed by atoms with E-state index in [9.17, 15) is 4.21 Å². The fourth-order valence-corrected chi connectivity index (χ4v) is 5.67. The second kappa shape index (κ2) is 18.0. The number of nitrogens with zero attached hydrogens (tertiary/aromatic N) is 2. The summed E-state index contributed by atoms with van der Waals surface area (Å²) in [5, 5.41) is 5.00. The first kappa shape index (κ1) is 36.9. The van der Waals surface area contributed by atoms with Crippen LogP contribution in [0.4, 0.5) is 5.69 Å². The Kier molecular flexibility index (Phi) is 14.1. The van der Waals surface area contributed by atoms with Crippen molar-refractivity contribution in [2.45, 2.75) is 6.54 Å². The Morgan fingerprint density at radius 3 is 1.72 bits per heavy atom. The fraction of sp³-hybridized carbons (Fsp3) is 0.0968. The number of nitrogens with one attached hydrogen (secondary N) is 1. The third kappa shape index (κ3) is 11.3. The van der Waals surface area contributed by atoms with Gasteiger partial charge in [0.1, 0.15) is 11.5 Å². The molecular weight excluding hydrogens is 844 g/mol. The van der Waals surface area contributed by atoms with Crippen molar-refractivity contribution in [3.05, 3.63) is 115 Å². The summed E-state index contributed by atoms with van der Waals surface area (Å²) in [4.78, 5) is 7.94. The average Bonchev–Trinajstić information content (AvgIpc) is 3.03. The smallest absolute Gasteiger partial charge is 0.308 e. The zero-order chi connectivity index (χ0) is 33.9. The van der Waals surface area contributed by atoms with Crippen LogP contribution in [0, 0.1) is 0 Å². The molecule has 0 spiro atoms. The van der Waals surface area contributed by atoms with E-state index in [0.29, 0.717) is 60.6 Å². The highest BCUT2D eigenvalue weighted by atomic mass is 79.9. The molecule has 0 amide bonds. The maximum Gasteiger partial charge on any atom is 0.308 e. The minimum atomic E-state index is -1.97. The predicted molar refractivity (Wildman–Crippen MR) is 193 cm³/mol. The first-order valence-corrected chi connectivity index (χ1v) is 17.7. The molecule has 0 radical (unpaired) electrons. The van der Waals surface area contributed by atoms with E-state index in [0.717, 1.165) is 15.7 Å². The summed E-state index contributed by atoms with van der Waals surface area (Å²) in [5.41, 5.74) is 2.00. The topological polar surface area (TPSA) is 101 Å². The van der Waals surface area contributed by atoms with E-state index in [1.54, 1.807) is 37.7 Å². The van der Waals surface area contributed by atoms with E-state index in [1.807, 2.05) is 36.4 Å². The first-order chi connectivity index (χ1) is 22.5. The molecule has 2 heterocycles. The van der Waals surface area contributed by atoms with E-state index in [1.165, 1.54) is 25.6 Å². The summed E-state index contributed by atoms with van der Waals surface area (Å²) in [7, 11) is 6.40. The minimum absolute atomic E-state index is 0.261. The quantitative estimate of drug-likeness (QED) is 0.130. The van der Waals surface area contributed by atoms with E-state index >= 15 is 0 Å². The van der Waals surface area contributed by atoms with Crippen LogP contribution in [0.15, 0.2) is 94.4 Å². The van der Waals surface area contributed by atoms with Gasteiger partial charge in [-0.05, 0) is 57.9 Å². The van der Waals surface area contributed by atoms with Gasteiger partial charge in [-0.2, -0.15) is 4.21 Å². The van der Waals surface area contributed by atoms with Crippen LogP contribution in [0.1, 0.15) is 5.56 Å². The number of hydrogen-bond acceptors (Lipinski definition) is 9. The molecule has 0 fully saturated rings. The van der Waals surface area contributed by atoms with Crippen LogP contribution in [0.5, 0.6) is 40.2 Å². The van der Waals surface area contributed by atoms with Crippen molar-refractivity contribution >= 4 is 93.3 Å². The molecule has 1 N–H and O–H groups in total. The lowest BCUT2D eigenvalue weighted by Gasteiger charge is -2.14.